The summed E-state index contributed by atoms with van der Waals surface area (Å²) in [5.41, 5.74) is 9.09. The van der Waals surface area contributed by atoms with Gasteiger partial charge in [-0.15, -0.1) is 0 Å². The van der Waals surface area contributed by atoms with Gasteiger partial charge in [0, 0.05) is 12.8 Å². The van der Waals surface area contributed by atoms with Gasteiger partial charge in [-0.25, -0.2) is 0 Å². The molecular formula is C52H64O8. The van der Waals surface area contributed by atoms with E-state index in [4.69, 9.17) is 18.9 Å². The molecule has 2 atom stereocenters. The third-order valence-corrected chi connectivity index (χ3v) is 11.5. The molecule has 0 radical (unpaired) electrons. The second kappa shape index (κ2) is 19.9. The summed E-state index contributed by atoms with van der Waals surface area (Å²) in [5, 5.41) is 0. The quantitative estimate of drug-likeness (QED) is 0.103. The number of benzene rings is 4. The Bertz CT molecular complexity index is 2030. The highest BCUT2D eigenvalue weighted by Gasteiger charge is 2.28. The number of Topliss-reactive ketones (excluding diaryl/α,β-unsaturated/α-hetero) is 2. The van der Waals surface area contributed by atoms with Crippen molar-refractivity contribution in [2.75, 3.05) is 14.2 Å². The van der Waals surface area contributed by atoms with Gasteiger partial charge >= 0.3 is 11.9 Å². The summed E-state index contributed by atoms with van der Waals surface area (Å²) >= 11 is 0. The van der Waals surface area contributed by atoms with E-state index in [1.165, 1.54) is 44.5 Å². The van der Waals surface area contributed by atoms with Crippen LogP contribution in [0.5, 0.6) is 23.0 Å². The molecule has 2 aliphatic rings. The number of hydrogen-bond donors (Lipinski definition) is 0. The summed E-state index contributed by atoms with van der Waals surface area (Å²) in [7, 11) is 3.34. The fourth-order valence-corrected chi connectivity index (χ4v) is 7.91. The molecule has 0 saturated heterocycles. The molecular weight excluding hydrogens is 753 g/mol. The third-order valence-electron chi connectivity index (χ3n) is 11.5. The van der Waals surface area contributed by atoms with Crippen molar-refractivity contribution >= 4 is 23.5 Å². The molecule has 0 amide bonds. The Kier molecular flexibility index (Phi) is 15.2. The first-order valence-corrected chi connectivity index (χ1v) is 21.3. The standard InChI is InChI=1S/2C26H32O4/c2*1-17(27)6-7-21-16-22(29-5)12-13-24(21)20-9-8-19-15-23(11-10-18(19)14-20)30-25(28)26(2,3)4/h2*10-13,15-16,20H,6-9,14H2,1-5H3/t2*20-/m10/s1. The van der Waals surface area contributed by atoms with Gasteiger partial charge in [0.2, 0.25) is 0 Å². The van der Waals surface area contributed by atoms with Gasteiger partial charge in [0.25, 0.3) is 0 Å². The molecule has 0 bridgehead atoms. The predicted octanol–water partition coefficient (Wildman–Crippen LogP) is 10.9. The van der Waals surface area contributed by atoms with Crippen LogP contribution in [0.3, 0.4) is 0 Å². The Labute approximate surface area is 357 Å². The highest BCUT2D eigenvalue weighted by Crippen LogP contribution is 2.39. The summed E-state index contributed by atoms with van der Waals surface area (Å²) in [6.07, 6.45) is 8.42. The lowest BCUT2D eigenvalue weighted by Crippen LogP contribution is -2.25. The number of ketones is 2. The molecule has 0 aliphatic heterocycles. The van der Waals surface area contributed by atoms with Crippen molar-refractivity contribution in [3.8, 4) is 23.0 Å². The minimum absolute atomic E-state index is 0.204. The summed E-state index contributed by atoms with van der Waals surface area (Å²) in [6, 6.07) is 24.5. The lowest BCUT2D eigenvalue weighted by atomic mass is 9.78. The van der Waals surface area contributed by atoms with E-state index in [0.717, 1.165) is 62.9 Å². The first-order chi connectivity index (χ1) is 28.3. The Morgan fingerprint density at radius 1 is 0.517 bits per heavy atom. The van der Waals surface area contributed by atoms with Gasteiger partial charge in [-0.1, -0.05) is 24.3 Å². The molecule has 2 aliphatic carbocycles. The van der Waals surface area contributed by atoms with Gasteiger partial charge in [0.15, 0.2) is 0 Å². The van der Waals surface area contributed by atoms with Gasteiger partial charge in [-0.3, -0.25) is 9.59 Å². The smallest absolute Gasteiger partial charge is 0.316 e. The first kappa shape index (κ1) is 45.8. The number of ether oxygens (including phenoxy) is 4. The van der Waals surface area contributed by atoms with Crippen LogP contribution >= 0.6 is 0 Å². The van der Waals surface area contributed by atoms with Gasteiger partial charge in [-0.2, -0.15) is 0 Å². The summed E-state index contributed by atoms with van der Waals surface area (Å²) in [5.74, 6) is 3.70. The summed E-state index contributed by atoms with van der Waals surface area (Å²) in [4.78, 5) is 47.4. The minimum atomic E-state index is -0.522. The van der Waals surface area contributed by atoms with Crippen LogP contribution in [0.2, 0.25) is 0 Å². The van der Waals surface area contributed by atoms with E-state index >= 15 is 0 Å². The Morgan fingerprint density at radius 3 is 1.22 bits per heavy atom. The molecule has 60 heavy (non-hydrogen) atoms. The van der Waals surface area contributed by atoms with E-state index in [-0.39, 0.29) is 23.5 Å². The molecule has 4 aromatic carbocycles. The summed E-state index contributed by atoms with van der Waals surface area (Å²) in [6.45, 7) is 14.4. The molecule has 8 nitrogen and oxygen atoms in total. The van der Waals surface area contributed by atoms with Crippen LogP contribution in [0.4, 0.5) is 0 Å². The van der Waals surface area contributed by atoms with E-state index in [2.05, 4.69) is 36.4 Å². The Hall–Kier alpha value is -5.24. The van der Waals surface area contributed by atoms with Crippen LogP contribution in [0.1, 0.15) is 137 Å². The largest absolute Gasteiger partial charge is 0.497 e. The summed E-state index contributed by atoms with van der Waals surface area (Å²) < 4.78 is 21.9. The lowest BCUT2D eigenvalue weighted by Gasteiger charge is -2.27. The SMILES string of the molecule is COc1ccc([C@@H]2CCc3cc(OC(=O)C(C)(C)C)ccc3C2)c(CCC(C)=O)c1.COc1ccc([C@H]2CCc3cc(OC(=O)C(C)(C)C)ccc3C2)c(CCC(C)=O)c1. The van der Waals surface area contributed by atoms with Crippen LogP contribution in [0, 0.1) is 10.8 Å². The lowest BCUT2D eigenvalue weighted by molar-refractivity contribution is -0.143. The number of rotatable bonds is 12. The molecule has 8 heteroatoms. The first-order valence-electron chi connectivity index (χ1n) is 21.3. The highest BCUT2D eigenvalue weighted by atomic mass is 16.5. The number of carbonyl (C=O) groups is 4. The van der Waals surface area contributed by atoms with Crippen LogP contribution in [-0.4, -0.2) is 37.7 Å². The van der Waals surface area contributed by atoms with Crippen molar-refractivity contribution < 1.29 is 38.1 Å². The zero-order chi connectivity index (χ0) is 43.8. The fraction of sp³-hybridized carbons (Fsp3) is 0.462. The number of aryl methyl sites for hydroxylation is 4. The van der Waals surface area contributed by atoms with Gasteiger partial charge < -0.3 is 28.5 Å². The van der Waals surface area contributed by atoms with E-state index in [1.807, 2.05) is 77.9 Å². The second-order valence-corrected chi connectivity index (χ2v) is 18.6. The number of methoxy groups -OCH3 is 2. The molecule has 0 aromatic heterocycles. The van der Waals surface area contributed by atoms with Crippen molar-refractivity contribution in [2.45, 2.75) is 131 Å². The molecule has 0 saturated carbocycles. The Morgan fingerprint density at radius 2 is 0.883 bits per heavy atom. The number of esters is 2. The van der Waals surface area contributed by atoms with Crippen LogP contribution in [0.15, 0.2) is 72.8 Å². The maximum Gasteiger partial charge on any atom is 0.316 e. The highest BCUT2D eigenvalue weighted by molar-refractivity contribution is 5.79. The average molecular weight is 817 g/mol. The molecule has 0 heterocycles. The van der Waals surface area contributed by atoms with Crippen LogP contribution in [-0.2, 0) is 57.7 Å². The molecule has 0 unspecified atom stereocenters. The maximum absolute atomic E-state index is 12.2. The van der Waals surface area contributed by atoms with Gasteiger partial charge in [0.05, 0.1) is 25.0 Å². The van der Waals surface area contributed by atoms with E-state index < -0.39 is 10.8 Å². The van der Waals surface area contributed by atoms with Crippen LogP contribution in [0.25, 0.3) is 0 Å². The molecule has 0 N–H and O–H groups in total. The zero-order valence-electron chi connectivity index (χ0n) is 37.4. The fourth-order valence-electron chi connectivity index (χ4n) is 7.91. The van der Waals surface area contributed by atoms with Crippen molar-refractivity contribution in [3.63, 3.8) is 0 Å². The number of fused-ring (bicyclic) bond motifs is 2. The van der Waals surface area contributed by atoms with Crippen LogP contribution < -0.4 is 18.9 Å². The van der Waals surface area contributed by atoms with E-state index in [0.29, 0.717) is 36.2 Å². The van der Waals surface area contributed by atoms with Gasteiger partial charge in [-0.05, 0) is 212 Å². The molecule has 320 valence electrons. The molecule has 6 rings (SSSR count). The van der Waals surface area contributed by atoms with Gasteiger partial charge in [0.1, 0.15) is 34.6 Å². The monoisotopic (exact) mass is 816 g/mol. The van der Waals surface area contributed by atoms with Crippen molar-refractivity contribution in [3.05, 3.63) is 117 Å². The van der Waals surface area contributed by atoms with Crippen molar-refractivity contribution in [2.24, 2.45) is 10.8 Å². The average Bonchev–Trinajstić information content (AvgIpc) is 3.21. The van der Waals surface area contributed by atoms with Crippen molar-refractivity contribution in [1.29, 1.82) is 0 Å². The third kappa shape index (κ3) is 12.4. The molecule has 0 spiro atoms. The molecule has 0 fully saturated rings. The van der Waals surface area contributed by atoms with E-state index in [9.17, 15) is 19.2 Å². The second-order valence-electron chi connectivity index (χ2n) is 18.6. The predicted molar refractivity (Wildman–Crippen MR) is 237 cm³/mol. The van der Waals surface area contributed by atoms with Crippen molar-refractivity contribution in [1.82, 2.24) is 0 Å². The minimum Gasteiger partial charge on any atom is -0.497 e. The van der Waals surface area contributed by atoms with E-state index in [1.54, 1.807) is 28.1 Å². The Balaban J connectivity index is 0.000000228. The molecule has 4 aromatic rings. The maximum atomic E-state index is 12.2. The normalized spacial score (nSPS) is 16.0. The number of hydrogen-bond acceptors (Lipinski definition) is 8. The topological polar surface area (TPSA) is 105 Å². The number of carbonyl (C=O) groups excluding carboxylic acids is 4. The zero-order valence-corrected chi connectivity index (χ0v) is 37.4.